The summed E-state index contributed by atoms with van der Waals surface area (Å²) in [4.78, 5) is 22.7. The molecule has 0 bridgehead atoms. The van der Waals surface area contributed by atoms with Crippen LogP contribution in [0.3, 0.4) is 0 Å². The van der Waals surface area contributed by atoms with E-state index in [1.807, 2.05) is 0 Å². The molecule has 114 valence electrons. The number of rotatable bonds is 5. The number of nitrogens with one attached hydrogen (secondary N) is 2. The largest absolute Gasteiger partial charge is 0.495 e. The molecule has 0 unspecified atom stereocenters. The Morgan fingerprint density at radius 3 is 2.55 bits per heavy atom. The second-order valence-electron chi connectivity index (χ2n) is 4.39. The van der Waals surface area contributed by atoms with Crippen molar-refractivity contribution in [1.82, 2.24) is 0 Å². The molecule has 0 aromatic heterocycles. The summed E-state index contributed by atoms with van der Waals surface area (Å²) in [5.74, 6) is 0.0461. The van der Waals surface area contributed by atoms with Crippen molar-refractivity contribution in [2.75, 3.05) is 24.8 Å². The number of benzene rings is 2. The normalized spacial score (nSPS) is 9.91. The first-order valence-corrected chi connectivity index (χ1v) is 6.47. The molecule has 0 saturated heterocycles. The maximum Gasteiger partial charge on any atom is 0.270 e. The highest BCUT2D eigenvalue weighted by Gasteiger charge is 2.17. The zero-order valence-electron chi connectivity index (χ0n) is 12.1. The molecule has 0 aliphatic heterocycles. The second kappa shape index (κ2) is 6.57. The summed E-state index contributed by atoms with van der Waals surface area (Å²) in [6.45, 7) is 0. The summed E-state index contributed by atoms with van der Waals surface area (Å²) in [6, 6.07) is 11.0. The van der Waals surface area contributed by atoms with Gasteiger partial charge in [0.25, 0.3) is 11.6 Å². The van der Waals surface area contributed by atoms with Crippen LogP contribution in [-0.2, 0) is 0 Å². The van der Waals surface area contributed by atoms with Gasteiger partial charge in [0.05, 0.1) is 23.3 Å². The molecule has 1 amide bonds. The summed E-state index contributed by atoms with van der Waals surface area (Å²) in [7, 11) is 3.14. The van der Waals surface area contributed by atoms with E-state index < -0.39 is 10.8 Å². The van der Waals surface area contributed by atoms with E-state index in [1.165, 1.54) is 25.3 Å². The van der Waals surface area contributed by atoms with Gasteiger partial charge in [-0.3, -0.25) is 14.9 Å². The lowest BCUT2D eigenvalue weighted by atomic mass is 10.1. The fourth-order valence-corrected chi connectivity index (χ4v) is 1.99. The maximum atomic E-state index is 12.4. The summed E-state index contributed by atoms with van der Waals surface area (Å²) in [6.07, 6.45) is 0. The summed E-state index contributed by atoms with van der Waals surface area (Å²) in [5.41, 5.74) is 1.02. The molecule has 0 heterocycles. The topological polar surface area (TPSA) is 93.5 Å². The van der Waals surface area contributed by atoms with Gasteiger partial charge in [-0.2, -0.15) is 0 Å². The number of methoxy groups -OCH3 is 1. The van der Waals surface area contributed by atoms with Gasteiger partial charge in [-0.05, 0) is 18.2 Å². The molecule has 0 spiro atoms. The van der Waals surface area contributed by atoms with E-state index in [-0.39, 0.29) is 11.3 Å². The Kier molecular flexibility index (Phi) is 4.57. The highest BCUT2D eigenvalue weighted by molar-refractivity contribution is 6.09. The van der Waals surface area contributed by atoms with E-state index in [0.717, 1.165) is 0 Å². The maximum absolute atomic E-state index is 12.4. The van der Waals surface area contributed by atoms with Crippen LogP contribution in [-0.4, -0.2) is 25.0 Å². The van der Waals surface area contributed by atoms with Crippen molar-refractivity contribution in [3.63, 3.8) is 0 Å². The molecule has 2 aromatic rings. The van der Waals surface area contributed by atoms with Crippen LogP contribution in [0.2, 0.25) is 0 Å². The molecule has 0 aliphatic carbocycles. The molecular formula is C15H15N3O4. The number of hydrogen-bond acceptors (Lipinski definition) is 5. The number of hydrogen-bond donors (Lipinski definition) is 2. The summed E-state index contributed by atoms with van der Waals surface area (Å²) < 4.78 is 5.16. The number of nitrogens with zero attached hydrogens (tertiary/aromatic N) is 1. The molecule has 0 radical (unpaired) electrons. The second-order valence-corrected chi connectivity index (χ2v) is 4.39. The molecule has 0 atom stereocenters. The summed E-state index contributed by atoms with van der Waals surface area (Å²) >= 11 is 0. The standard InChI is InChI=1S/C15H15N3O4/c1-16-12-8-7-10(18(20)21)9-11(12)15(19)17-13-5-3-4-6-14(13)22-2/h3-9,16H,1-2H3,(H,17,19). The Bertz CT molecular complexity index is 716. The van der Waals surface area contributed by atoms with Crippen LogP contribution in [0.5, 0.6) is 5.75 Å². The van der Waals surface area contributed by atoms with E-state index in [0.29, 0.717) is 17.1 Å². The number of para-hydroxylation sites is 2. The minimum Gasteiger partial charge on any atom is -0.495 e. The van der Waals surface area contributed by atoms with Gasteiger partial charge in [0.2, 0.25) is 0 Å². The zero-order chi connectivity index (χ0) is 16.1. The van der Waals surface area contributed by atoms with Crippen LogP contribution in [0, 0.1) is 10.1 Å². The number of carbonyl (C=O) groups excluding carboxylic acids is 1. The molecule has 0 saturated carbocycles. The molecular weight excluding hydrogens is 286 g/mol. The number of ether oxygens (including phenoxy) is 1. The van der Waals surface area contributed by atoms with Crippen molar-refractivity contribution in [3.8, 4) is 5.75 Å². The number of amides is 1. The molecule has 2 aromatic carbocycles. The number of nitro groups is 1. The lowest BCUT2D eigenvalue weighted by molar-refractivity contribution is -0.384. The van der Waals surface area contributed by atoms with E-state index >= 15 is 0 Å². The zero-order valence-corrected chi connectivity index (χ0v) is 12.1. The minimum atomic E-state index is -0.542. The highest BCUT2D eigenvalue weighted by Crippen LogP contribution is 2.26. The van der Waals surface area contributed by atoms with E-state index in [1.54, 1.807) is 31.3 Å². The molecule has 22 heavy (non-hydrogen) atoms. The number of nitro benzene ring substituents is 1. The third-order valence-electron chi connectivity index (χ3n) is 3.08. The predicted molar refractivity (Wildman–Crippen MR) is 83.6 cm³/mol. The van der Waals surface area contributed by atoms with Crippen LogP contribution in [0.25, 0.3) is 0 Å². The van der Waals surface area contributed by atoms with Crippen LogP contribution in [0.15, 0.2) is 42.5 Å². The van der Waals surface area contributed by atoms with E-state index in [9.17, 15) is 14.9 Å². The Labute approximate surface area is 127 Å². The number of carbonyl (C=O) groups is 1. The van der Waals surface area contributed by atoms with Crippen molar-refractivity contribution in [3.05, 3.63) is 58.1 Å². The monoisotopic (exact) mass is 301 g/mol. The molecule has 0 fully saturated rings. The SMILES string of the molecule is CNc1ccc([N+](=O)[O-])cc1C(=O)Nc1ccccc1OC. The van der Waals surface area contributed by atoms with E-state index in [2.05, 4.69) is 10.6 Å². The van der Waals surface area contributed by atoms with Crippen LogP contribution < -0.4 is 15.4 Å². The van der Waals surface area contributed by atoms with Crippen LogP contribution >= 0.6 is 0 Å². The van der Waals surface area contributed by atoms with E-state index in [4.69, 9.17) is 4.74 Å². The van der Waals surface area contributed by atoms with Gasteiger partial charge in [-0.1, -0.05) is 12.1 Å². The van der Waals surface area contributed by atoms with Crippen molar-refractivity contribution in [2.45, 2.75) is 0 Å². The number of non-ortho nitro benzene ring substituents is 1. The first-order chi connectivity index (χ1) is 10.6. The smallest absolute Gasteiger partial charge is 0.270 e. The van der Waals surface area contributed by atoms with Gasteiger partial charge >= 0.3 is 0 Å². The highest BCUT2D eigenvalue weighted by atomic mass is 16.6. The third kappa shape index (κ3) is 3.14. The van der Waals surface area contributed by atoms with Crippen molar-refractivity contribution >= 4 is 23.0 Å². The Morgan fingerprint density at radius 1 is 1.18 bits per heavy atom. The van der Waals surface area contributed by atoms with Gasteiger partial charge in [0.1, 0.15) is 5.75 Å². The van der Waals surface area contributed by atoms with Gasteiger partial charge in [0.15, 0.2) is 0 Å². The minimum absolute atomic E-state index is 0.149. The van der Waals surface area contributed by atoms with Gasteiger partial charge < -0.3 is 15.4 Å². The average molecular weight is 301 g/mol. The van der Waals surface area contributed by atoms with Crippen LogP contribution in [0.1, 0.15) is 10.4 Å². The van der Waals surface area contributed by atoms with Crippen molar-refractivity contribution in [1.29, 1.82) is 0 Å². The van der Waals surface area contributed by atoms with Crippen LogP contribution in [0.4, 0.5) is 17.1 Å². The molecule has 7 nitrogen and oxygen atoms in total. The third-order valence-corrected chi connectivity index (χ3v) is 3.08. The fraction of sp³-hybridized carbons (Fsp3) is 0.133. The predicted octanol–water partition coefficient (Wildman–Crippen LogP) is 2.90. The van der Waals surface area contributed by atoms with Gasteiger partial charge in [-0.15, -0.1) is 0 Å². The Balaban J connectivity index is 2.36. The average Bonchev–Trinajstić information content (AvgIpc) is 2.54. The first-order valence-electron chi connectivity index (χ1n) is 6.47. The van der Waals surface area contributed by atoms with Gasteiger partial charge in [-0.25, -0.2) is 0 Å². The molecule has 7 heteroatoms. The molecule has 2 N–H and O–H groups in total. The Morgan fingerprint density at radius 2 is 1.91 bits per heavy atom. The van der Waals surface area contributed by atoms with Crippen molar-refractivity contribution in [2.24, 2.45) is 0 Å². The summed E-state index contributed by atoms with van der Waals surface area (Å²) in [5, 5.41) is 16.4. The van der Waals surface area contributed by atoms with Crippen molar-refractivity contribution < 1.29 is 14.5 Å². The van der Waals surface area contributed by atoms with Gasteiger partial charge in [0, 0.05) is 24.9 Å². The lowest BCUT2D eigenvalue weighted by Gasteiger charge is -2.12. The quantitative estimate of drug-likeness (QED) is 0.654. The lowest BCUT2D eigenvalue weighted by Crippen LogP contribution is -2.15. The fourth-order valence-electron chi connectivity index (χ4n) is 1.99. The number of anilines is 2. The molecule has 2 rings (SSSR count). The molecule has 0 aliphatic rings. The Hall–Kier alpha value is -3.09. The first kappa shape index (κ1) is 15.3.